The van der Waals surface area contributed by atoms with E-state index in [0.717, 1.165) is 18.8 Å². The van der Waals surface area contributed by atoms with E-state index in [2.05, 4.69) is 15.0 Å². The number of carbonyl (C=O) groups is 1. The fourth-order valence-corrected chi connectivity index (χ4v) is 3.53. The van der Waals surface area contributed by atoms with Gasteiger partial charge in [-0.05, 0) is 12.8 Å². The molecule has 2 aromatic rings. The van der Waals surface area contributed by atoms with Crippen molar-refractivity contribution in [3.05, 3.63) is 35.2 Å². The molecule has 0 unspecified atom stereocenters. The summed E-state index contributed by atoms with van der Waals surface area (Å²) in [6.45, 7) is 1.54. The van der Waals surface area contributed by atoms with E-state index in [1.165, 1.54) is 11.3 Å². The van der Waals surface area contributed by atoms with Crippen LogP contribution in [0.15, 0.2) is 30.3 Å². The third-order valence-electron chi connectivity index (χ3n) is 3.95. The summed E-state index contributed by atoms with van der Waals surface area (Å²) in [6.07, 6.45) is 8.02. The molecule has 3 rings (SSSR count). The number of β-amino-alcohol motifs (C(OH)–C–C–N with tert-alkyl or cyclic N) is 1. The topological polar surface area (TPSA) is 82.5 Å². The first kappa shape index (κ1) is 15.8. The highest BCUT2D eigenvalue weighted by molar-refractivity contribution is 7.11. The van der Waals surface area contributed by atoms with Gasteiger partial charge in [-0.2, -0.15) is 0 Å². The van der Waals surface area contributed by atoms with Gasteiger partial charge < -0.3 is 14.9 Å². The van der Waals surface area contributed by atoms with E-state index in [1.54, 1.807) is 42.2 Å². The fourth-order valence-electron chi connectivity index (χ4n) is 2.91. The number of hydrogen-bond acceptors (Lipinski definition) is 7. The minimum Gasteiger partial charge on any atom is -0.386 e. The van der Waals surface area contributed by atoms with Gasteiger partial charge in [-0.1, -0.05) is 0 Å². The Morgan fingerprint density at radius 2 is 2.30 bits per heavy atom. The van der Waals surface area contributed by atoms with Crippen LogP contribution in [0.25, 0.3) is 0 Å². The first-order chi connectivity index (χ1) is 11.1. The van der Waals surface area contributed by atoms with Gasteiger partial charge in [0.1, 0.15) is 10.7 Å². The molecular formula is C15H19N5O2S. The van der Waals surface area contributed by atoms with Crippen molar-refractivity contribution in [3.8, 4) is 0 Å². The summed E-state index contributed by atoms with van der Waals surface area (Å²) in [5.41, 5.74) is 0.678. The van der Waals surface area contributed by atoms with E-state index in [-0.39, 0.29) is 12.5 Å². The zero-order valence-electron chi connectivity index (χ0n) is 12.9. The maximum absolute atomic E-state index is 12.3. The number of nitrogens with zero attached hydrogens (tertiary/aromatic N) is 5. The molecule has 0 saturated carbocycles. The van der Waals surface area contributed by atoms with Crippen molar-refractivity contribution < 1.29 is 9.90 Å². The summed E-state index contributed by atoms with van der Waals surface area (Å²) in [6, 6.07) is 0. The third-order valence-corrected chi connectivity index (χ3v) is 4.71. The molecule has 122 valence electrons. The molecule has 7 nitrogen and oxygen atoms in total. The molecule has 23 heavy (non-hydrogen) atoms. The lowest BCUT2D eigenvalue weighted by atomic mass is 9.92. The average molecular weight is 333 g/mol. The molecule has 0 bridgehead atoms. The lowest BCUT2D eigenvalue weighted by Gasteiger charge is -2.41. The molecule has 1 aliphatic heterocycles. The monoisotopic (exact) mass is 333 g/mol. The number of amides is 1. The van der Waals surface area contributed by atoms with Crippen LogP contribution >= 0.6 is 11.3 Å². The Morgan fingerprint density at radius 1 is 1.43 bits per heavy atom. The van der Waals surface area contributed by atoms with Gasteiger partial charge in [0, 0.05) is 32.5 Å². The SMILES string of the molecule is CN(C[C@]1(O)CCCN(c2cnccn2)C1)C(=O)c1cncs1. The highest BCUT2D eigenvalue weighted by atomic mass is 32.1. The summed E-state index contributed by atoms with van der Waals surface area (Å²) in [7, 11) is 1.71. The van der Waals surface area contributed by atoms with Crippen LogP contribution in [0.3, 0.4) is 0 Å². The number of aromatic nitrogens is 3. The number of likely N-dealkylation sites (N-methyl/N-ethyl adjacent to an activating group) is 1. The minimum atomic E-state index is -0.954. The smallest absolute Gasteiger partial charge is 0.265 e. The highest BCUT2D eigenvalue weighted by Gasteiger charge is 2.36. The molecule has 1 fully saturated rings. The average Bonchev–Trinajstić information content (AvgIpc) is 3.09. The Balaban J connectivity index is 1.67. The van der Waals surface area contributed by atoms with Gasteiger partial charge >= 0.3 is 0 Å². The number of anilines is 1. The zero-order valence-corrected chi connectivity index (χ0v) is 13.7. The van der Waals surface area contributed by atoms with Crippen LogP contribution in [-0.2, 0) is 0 Å². The van der Waals surface area contributed by atoms with E-state index in [4.69, 9.17) is 0 Å². The third kappa shape index (κ3) is 3.65. The molecule has 0 aromatic carbocycles. The second-order valence-corrected chi connectivity index (χ2v) is 6.73. The molecular weight excluding hydrogens is 314 g/mol. The normalized spacial score (nSPS) is 21.2. The number of rotatable bonds is 4. The lowest BCUT2D eigenvalue weighted by molar-refractivity contribution is -0.0000286. The Bertz CT molecular complexity index is 651. The van der Waals surface area contributed by atoms with Crippen LogP contribution < -0.4 is 4.90 Å². The van der Waals surface area contributed by atoms with Crippen LogP contribution in [0.2, 0.25) is 0 Å². The van der Waals surface area contributed by atoms with Gasteiger partial charge in [-0.15, -0.1) is 11.3 Å². The van der Waals surface area contributed by atoms with E-state index in [9.17, 15) is 9.90 Å². The second-order valence-electron chi connectivity index (χ2n) is 5.84. The summed E-state index contributed by atoms with van der Waals surface area (Å²) >= 11 is 1.31. The van der Waals surface area contributed by atoms with E-state index in [0.29, 0.717) is 17.8 Å². The van der Waals surface area contributed by atoms with Crippen molar-refractivity contribution in [1.29, 1.82) is 0 Å². The first-order valence-electron chi connectivity index (χ1n) is 7.45. The summed E-state index contributed by atoms with van der Waals surface area (Å²) in [4.78, 5) is 28.8. The Labute approximate surface area is 138 Å². The maximum Gasteiger partial charge on any atom is 0.265 e. The zero-order chi connectivity index (χ0) is 16.3. The Kier molecular flexibility index (Phi) is 4.53. The standard InChI is InChI=1S/C15H19N5O2S/c1-19(14(21)12-7-17-11-23-12)9-15(22)3-2-6-20(10-15)13-8-16-4-5-18-13/h4-5,7-8,11,22H,2-3,6,9-10H2,1H3/t15-/m1/s1. The number of hydrogen-bond donors (Lipinski definition) is 1. The lowest BCUT2D eigenvalue weighted by Crippen LogP contribution is -2.54. The second kappa shape index (κ2) is 6.59. The number of thiazole rings is 1. The van der Waals surface area contributed by atoms with Gasteiger partial charge in [0.2, 0.25) is 0 Å². The van der Waals surface area contributed by atoms with Gasteiger partial charge in [-0.25, -0.2) is 4.98 Å². The predicted octanol–water partition coefficient (Wildman–Crippen LogP) is 1.04. The molecule has 1 atom stereocenters. The first-order valence-corrected chi connectivity index (χ1v) is 8.33. The van der Waals surface area contributed by atoms with E-state index >= 15 is 0 Å². The van der Waals surface area contributed by atoms with Gasteiger partial charge in [0.25, 0.3) is 5.91 Å². The van der Waals surface area contributed by atoms with Crippen molar-refractivity contribution >= 4 is 23.1 Å². The molecule has 0 spiro atoms. The van der Waals surface area contributed by atoms with Crippen LogP contribution in [0.1, 0.15) is 22.5 Å². The molecule has 2 aromatic heterocycles. The summed E-state index contributed by atoms with van der Waals surface area (Å²) in [5.74, 6) is 0.639. The minimum absolute atomic E-state index is 0.113. The molecule has 1 N–H and O–H groups in total. The van der Waals surface area contributed by atoms with Crippen molar-refractivity contribution in [2.45, 2.75) is 18.4 Å². The quantitative estimate of drug-likeness (QED) is 0.900. The van der Waals surface area contributed by atoms with Crippen molar-refractivity contribution in [2.24, 2.45) is 0 Å². The molecule has 8 heteroatoms. The van der Waals surface area contributed by atoms with Gasteiger partial charge in [0.05, 0.1) is 30.1 Å². The predicted molar refractivity (Wildman–Crippen MR) is 87.5 cm³/mol. The molecule has 1 amide bonds. The van der Waals surface area contributed by atoms with E-state index in [1.807, 2.05) is 4.90 Å². The summed E-state index contributed by atoms with van der Waals surface area (Å²) < 4.78 is 0. The van der Waals surface area contributed by atoms with Gasteiger partial charge in [-0.3, -0.25) is 14.8 Å². The number of carbonyl (C=O) groups excluding carboxylic acids is 1. The molecule has 3 heterocycles. The molecule has 0 aliphatic carbocycles. The van der Waals surface area contributed by atoms with Crippen molar-refractivity contribution in [3.63, 3.8) is 0 Å². The van der Waals surface area contributed by atoms with Crippen LogP contribution in [0, 0.1) is 0 Å². The number of aliphatic hydroxyl groups is 1. The Morgan fingerprint density at radius 3 is 3.00 bits per heavy atom. The van der Waals surface area contributed by atoms with Crippen LogP contribution in [-0.4, -0.2) is 63.1 Å². The van der Waals surface area contributed by atoms with E-state index < -0.39 is 5.60 Å². The maximum atomic E-state index is 12.3. The molecule has 1 saturated heterocycles. The Hall–Kier alpha value is -2.06. The van der Waals surface area contributed by atoms with Crippen LogP contribution in [0.4, 0.5) is 5.82 Å². The van der Waals surface area contributed by atoms with Gasteiger partial charge in [0.15, 0.2) is 0 Å². The summed E-state index contributed by atoms with van der Waals surface area (Å²) in [5, 5.41) is 10.9. The highest BCUT2D eigenvalue weighted by Crippen LogP contribution is 2.25. The largest absolute Gasteiger partial charge is 0.386 e. The fraction of sp³-hybridized carbons (Fsp3) is 0.467. The van der Waals surface area contributed by atoms with Crippen molar-refractivity contribution in [2.75, 3.05) is 31.6 Å². The van der Waals surface area contributed by atoms with Crippen molar-refractivity contribution in [1.82, 2.24) is 19.9 Å². The number of piperidine rings is 1. The molecule has 0 radical (unpaired) electrons. The van der Waals surface area contributed by atoms with Crippen LogP contribution in [0.5, 0.6) is 0 Å². The molecule has 1 aliphatic rings.